The lowest BCUT2D eigenvalue weighted by molar-refractivity contribution is -0.116. The number of nitrogens with zero attached hydrogens (tertiary/aromatic N) is 2. The first-order chi connectivity index (χ1) is 15.7. The van der Waals surface area contributed by atoms with Gasteiger partial charge in [-0.25, -0.2) is 0 Å². The van der Waals surface area contributed by atoms with E-state index in [1.807, 2.05) is 54.9 Å². The molecule has 0 aliphatic carbocycles. The van der Waals surface area contributed by atoms with E-state index in [4.69, 9.17) is 0 Å². The minimum atomic E-state index is -0.0881. The summed E-state index contributed by atoms with van der Waals surface area (Å²) in [5, 5.41) is 0. The van der Waals surface area contributed by atoms with Crippen LogP contribution >= 0.6 is 0 Å². The predicted octanol–water partition coefficient (Wildman–Crippen LogP) is 5.76. The fourth-order valence-corrected chi connectivity index (χ4v) is 4.51. The third kappa shape index (κ3) is 4.00. The van der Waals surface area contributed by atoms with Crippen molar-refractivity contribution in [3.63, 3.8) is 0 Å². The molecule has 0 radical (unpaired) electrons. The minimum Gasteiger partial charge on any atom is -0.340 e. The van der Waals surface area contributed by atoms with Crippen LogP contribution in [0.5, 0.6) is 0 Å². The van der Waals surface area contributed by atoms with Gasteiger partial charge in [0.05, 0.1) is 12.1 Å². The molecular formula is C28H24N2O2. The molecule has 0 saturated carbocycles. The standard InChI is InChI=1S/C28H24N2O2/c31-25-14-16-29(23-10-3-1-4-11-23)27(19-25)21-8-7-9-22(18-21)28-20-26(32)15-17-30(28)24-12-5-2-6-13-24/h1-18,27-28H,19-20H2. The van der Waals surface area contributed by atoms with Gasteiger partial charge in [-0.2, -0.15) is 0 Å². The Morgan fingerprint density at radius 2 is 1.00 bits per heavy atom. The highest BCUT2D eigenvalue weighted by molar-refractivity contribution is 5.93. The van der Waals surface area contributed by atoms with Crippen LogP contribution in [0.15, 0.2) is 109 Å². The number of rotatable bonds is 4. The number of ketones is 2. The van der Waals surface area contributed by atoms with Crippen molar-refractivity contribution in [3.8, 4) is 0 Å². The van der Waals surface area contributed by atoms with E-state index in [1.165, 1.54) is 0 Å². The Hall–Kier alpha value is -3.92. The van der Waals surface area contributed by atoms with Gasteiger partial charge in [0.2, 0.25) is 0 Å². The number of hydrogen-bond donors (Lipinski definition) is 0. The first-order valence-electron chi connectivity index (χ1n) is 10.9. The van der Waals surface area contributed by atoms with Crippen molar-refractivity contribution < 1.29 is 9.59 Å². The SMILES string of the molecule is O=C1C=CN(c2ccccc2)C(c2cccc(C3CC(=O)C=CN3c3ccccc3)c2)C1. The van der Waals surface area contributed by atoms with E-state index in [0.717, 1.165) is 22.5 Å². The summed E-state index contributed by atoms with van der Waals surface area (Å²) >= 11 is 0. The van der Waals surface area contributed by atoms with E-state index in [1.54, 1.807) is 12.2 Å². The zero-order valence-electron chi connectivity index (χ0n) is 17.7. The molecule has 5 rings (SSSR count). The largest absolute Gasteiger partial charge is 0.340 e. The Labute approximate surface area is 188 Å². The van der Waals surface area contributed by atoms with Crippen molar-refractivity contribution in [2.75, 3.05) is 9.80 Å². The molecule has 2 aliphatic heterocycles. The van der Waals surface area contributed by atoms with Gasteiger partial charge in [-0.1, -0.05) is 60.7 Å². The maximum absolute atomic E-state index is 12.3. The summed E-state index contributed by atoms with van der Waals surface area (Å²) in [6.07, 6.45) is 7.88. The summed E-state index contributed by atoms with van der Waals surface area (Å²) in [5.74, 6) is 0.239. The lowest BCUT2D eigenvalue weighted by atomic mass is 9.91. The lowest BCUT2D eigenvalue weighted by Crippen LogP contribution is -2.30. The predicted molar refractivity (Wildman–Crippen MR) is 127 cm³/mol. The highest BCUT2D eigenvalue weighted by atomic mass is 16.1. The van der Waals surface area contributed by atoms with Gasteiger partial charge in [0.25, 0.3) is 0 Å². The van der Waals surface area contributed by atoms with Crippen LogP contribution in [0.25, 0.3) is 0 Å². The van der Waals surface area contributed by atoms with E-state index in [9.17, 15) is 9.59 Å². The van der Waals surface area contributed by atoms with Crippen molar-refractivity contribution in [2.45, 2.75) is 24.9 Å². The Morgan fingerprint density at radius 1 is 0.562 bits per heavy atom. The summed E-state index contributed by atoms with van der Waals surface area (Å²) in [6.45, 7) is 0. The number of allylic oxidation sites excluding steroid dienone is 2. The second kappa shape index (κ2) is 8.67. The maximum Gasteiger partial charge on any atom is 0.159 e. The fourth-order valence-electron chi connectivity index (χ4n) is 4.51. The van der Waals surface area contributed by atoms with Gasteiger partial charge in [-0.15, -0.1) is 0 Å². The molecule has 2 aliphatic rings. The maximum atomic E-state index is 12.3. The highest BCUT2D eigenvalue weighted by Gasteiger charge is 2.29. The van der Waals surface area contributed by atoms with Crippen molar-refractivity contribution in [1.29, 1.82) is 0 Å². The molecule has 2 atom stereocenters. The van der Waals surface area contributed by atoms with Crippen LogP contribution in [0.3, 0.4) is 0 Å². The molecule has 2 unspecified atom stereocenters. The van der Waals surface area contributed by atoms with Gasteiger partial charge >= 0.3 is 0 Å². The molecule has 0 saturated heterocycles. The lowest BCUT2D eigenvalue weighted by Gasteiger charge is -2.35. The number of anilines is 2. The Morgan fingerprint density at radius 3 is 1.44 bits per heavy atom. The Balaban J connectivity index is 1.52. The molecule has 158 valence electrons. The zero-order chi connectivity index (χ0) is 21.9. The van der Waals surface area contributed by atoms with E-state index in [-0.39, 0.29) is 23.7 Å². The summed E-state index contributed by atoms with van der Waals surface area (Å²) in [6, 6.07) is 28.4. The fraction of sp³-hybridized carbons (Fsp3) is 0.143. The number of para-hydroxylation sites is 2. The van der Waals surface area contributed by atoms with Crippen molar-refractivity contribution in [3.05, 3.63) is 121 Å². The summed E-state index contributed by atoms with van der Waals surface area (Å²) in [7, 11) is 0. The summed E-state index contributed by atoms with van der Waals surface area (Å²) in [4.78, 5) is 28.9. The molecule has 3 aromatic carbocycles. The quantitative estimate of drug-likeness (QED) is 0.538. The second-order valence-corrected chi connectivity index (χ2v) is 8.16. The van der Waals surface area contributed by atoms with Gasteiger partial charge < -0.3 is 9.80 Å². The molecule has 4 nitrogen and oxygen atoms in total. The molecule has 3 aromatic rings. The average Bonchev–Trinajstić information content (AvgIpc) is 2.85. The van der Waals surface area contributed by atoms with E-state index in [2.05, 4.69) is 52.3 Å². The van der Waals surface area contributed by atoms with Crippen LogP contribution in [0.4, 0.5) is 11.4 Å². The van der Waals surface area contributed by atoms with Gasteiger partial charge in [-0.3, -0.25) is 9.59 Å². The van der Waals surface area contributed by atoms with E-state index >= 15 is 0 Å². The highest BCUT2D eigenvalue weighted by Crippen LogP contribution is 2.37. The topological polar surface area (TPSA) is 40.6 Å². The molecule has 2 heterocycles. The van der Waals surface area contributed by atoms with Crippen molar-refractivity contribution >= 4 is 22.9 Å². The second-order valence-electron chi connectivity index (χ2n) is 8.16. The molecule has 0 amide bonds. The third-order valence-corrected chi connectivity index (χ3v) is 6.09. The van der Waals surface area contributed by atoms with Gasteiger partial charge in [0.15, 0.2) is 11.6 Å². The third-order valence-electron chi connectivity index (χ3n) is 6.09. The van der Waals surface area contributed by atoms with Crippen LogP contribution in [-0.2, 0) is 9.59 Å². The Kier molecular flexibility index (Phi) is 5.42. The first kappa shape index (κ1) is 20.0. The van der Waals surface area contributed by atoms with Crippen LogP contribution in [0.2, 0.25) is 0 Å². The Bertz CT molecular complexity index is 1090. The molecule has 32 heavy (non-hydrogen) atoms. The van der Waals surface area contributed by atoms with Gasteiger partial charge in [0.1, 0.15) is 0 Å². The number of carbonyl (C=O) groups excluding carboxylic acids is 2. The van der Waals surface area contributed by atoms with E-state index in [0.29, 0.717) is 12.8 Å². The molecule has 0 spiro atoms. The smallest absolute Gasteiger partial charge is 0.159 e. The number of benzene rings is 3. The van der Waals surface area contributed by atoms with E-state index < -0.39 is 0 Å². The monoisotopic (exact) mass is 420 g/mol. The molecular weight excluding hydrogens is 396 g/mol. The van der Waals surface area contributed by atoms with Gasteiger partial charge in [0, 0.05) is 36.6 Å². The normalized spacial score (nSPS) is 20.6. The zero-order valence-corrected chi connectivity index (χ0v) is 17.7. The summed E-state index contributed by atoms with van der Waals surface area (Å²) < 4.78 is 0. The first-order valence-corrected chi connectivity index (χ1v) is 10.9. The minimum absolute atomic E-state index is 0.0881. The molecule has 4 heteroatoms. The number of carbonyl (C=O) groups is 2. The molecule has 0 aromatic heterocycles. The van der Waals surface area contributed by atoms with Crippen LogP contribution in [0, 0.1) is 0 Å². The summed E-state index contributed by atoms with van der Waals surface area (Å²) in [5.41, 5.74) is 4.24. The van der Waals surface area contributed by atoms with Crippen LogP contribution in [0.1, 0.15) is 36.1 Å². The van der Waals surface area contributed by atoms with Crippen molar-refractivity contribution in [1.82, 2.24) is 0 Å². The van der Waals surface area contributed by atoms with Crippen molar-refractivity contribution in [2.24, 2.45) is 0 Å². The van der Waals surface area contributed by atoms with Crippen LogP contribution < -0.4 is 9.80 Å². The molecule has 0 bridgehead atoms. The van der Waals surface area contributed by atoms with Gasteiger partial charge in [-0.05, 0) is 47.5 Å². The average molecular weight is 421 g/mol. The molecule has 0 fully saturated rings. The van der Waals surface area contributed by atoms with Crippen LogP contribution in [-0.4, -0.2) is 11.6 Å². The number of hydrogen-bond acceptors (Lipinski definition) is 4. The molecule has 0 N–H and O–H groups in total.